The van der Waals surface area contributed by atoms with E-state index < -0.39 is 12.0 Å². The van der Waals surface area contributed by atoms with Gasteiger partial charge >= 0.3 is 6.09 Å². The number of rotatable bonds is 6. The number of benzene rings is 1. The molecule has 0 aliphatic heterocycles. The number of alkyl carbamates (subject to hydrolysis) is 1. The van der Waals surface area contributed by atoms with Crippen LogP contribution in [0.15, 0.2) is 12.1 Å². The highest BCUT2D eigenvalue weighted by molar-refractivity contribution is 5.94. The van der Waals surface area contributed by atoms with Crippen molar-refractivity contribution in [3.63, 3.8) is 0 Å². The lowest BCUT2D eigenvalue weighted by Crippen LogP contribution is -2.32. The average molecular weight is 298 g/mol. The van der Waals surface area contributed by atoms with Gasteiger partial charge in [0.25, 0.3) is 0 Å². The third-order valence-electron chi connectivity index (χ3n) is 2.53. The van der Waals surface area contributed by atoms with Crippen molar-refractivity contribution < 1.29 is 28.5 Å². The Morgan fingerprint density at radius 2 is 1.57 bits per heavy atom. The summed E-state index contributed by atoms with van der Waals surface area (Å²) in [6.45, 7) is -0.219. The molecule has 0 atom stereocenters. The van der Waals surface area contributed by atoms with Gasteiger partial charge in [-0.2, -0.15) is 0 Å². The fourth-order valence-corrected chi connectivity index (χ4v) is 1.58. The standard InChI is InChI=1S/C13H18N2O6/c1-18-9-5-8(6-10(19-2)12(9)20-3)15-11(16)7-14-13(17)21-4/h5-6H,7H2,1-4H3,(H,14,17)(H,15,16). The summed E-state index contributed by atoms with van der Waals surface area (Å²) in [4.78, 5) is 22.6. The van der Waals surface area contributed by atoms with Crippen molar-refractivity contribution in [2.75, 3.05) is 40.3 Å². The van der Waals surface area contributed by atoms with Crippen molar-refractivity contribution >= 4 is 17.7 Å². The predicted octanol–water partition coefficient (Wildman–Crippen LogP) is 1.01. The van der Waals surface area contributed by atoms with Crippen molar-refractivity contribution in [2.45, 2.75) is 0 Å². The third-order valence-corrected chi connectivity index (χ3v) is 2.53. The van der Waals surface area contributed by atoms with Crippen LogP contribution in [0.5, 0.6) is 17.2 Å². The number of methoxy groups -OCH3 is 4. The molecule has 8 nitrogen and oxygen atoms in total. The van der Waals surface area contributed by atoms with Gasteiger partial charge in [-0.05, 0) is 0 Å². The Morgan fingerprint density at radius 3 is 2.00 bits per heavy atom. The summed E-state index contributed by atoms with van der Waals surface area (Å²) in [5, 5.41) is 4.87. The molecule has 0 unspecified atom stereocenters. The number of hydrogen-bond donors (Lipinski definition) is 2. The second kappa shape index (κ2) is 7.83. The third kappa shape index (κ3) is 4.44. The molecule has 1 rings (SSSR count). The van der Waals surface area contributed by atoms with Crippen LogP contribution in [-0.2, 0) is 9.53 Å². The van der Waals surface area contributed by atoms with Crippen LogP contribution in [0.4, 0.5) is 10.5 Å². The minimum absolute atomic E-state index is 0.219. The van der Waals surface area contributed by atoms with Crippen LogP contribution < -0.4 is 24.8 Å². The Labute approximate surface area is 122 Å². The minimum atomic E-state index is -0.685. The number of nitrogens with one attached hydrogen (secondary N) is 2. The van der Waals surface area contributed by atoms with Gasteiger partial charge in [-0.1, -0.05) is 0 Å². The summed E-state index contributed by atoms with van der Waals surface area (Å²) in [5.74, 6) is 0.821. The molecule has 1 aromatic rings. The van der Waals surface area contributed by atoms with Gasteiger partial charge in [-0.3, -0.25) is 4.79 Å². The number of hydrogen-bond acceptors (Lipinski definition) is 6. The normalized spacial score (nSPS) is 9.52. The Bertz CT molecular complexity index is 492. The highest BCUT2D eigenvalue weighted by atomic mass is 16.5. The first-order chi connectivity index (χ1) is 10.0. The van der Waals surface area contributed by atoms with Crippen LogP contribution in [0.3, 0.4) is 0 Å². The van der Waals surface area contributed by atoms with E-state index >= 15 is 0 Å². The Balaban J connectivity index is 2.83. The Morgan fingerprint density at radius 1 is 1.00 bits per heavy atom. The molecular formula is C13H18N2O6. The predicted molar refractivity (Wildman–Crippen MR) is 75.1 cm³/mol. The smallest absolute Gasteiger partial charge is 0.407 e. The van der Waals surface area contributed by atoms with Gasteiger partial charge in [0.15, 0.2) is 11.5 Å². The van der Waals surface area contributed by atoms with E-state index in [-0.39, 0.29) is 6.54 Å². The molecule has 0 saturated carbocycles. The fourth-order valence-electron chi connectivity index (χ4n) is 1.58. The van der Waals surface area contributed by atoms with Crippen molar-refractivity contribution in [1.82, 2.24) is 5.32 Å². The summed E-state index contributed by atoms with van der Waals surface area (Å²) in [6.07, 6.45) is -0.685. The molecule has 0 radical (unpaired) electrons. The number of carbonyl (C=O) groups is 2. The van der Waals surface area contributed by atoms with E-state index in [0.717, 1.165) is 0 Å². The zero-order valence-electron chi connectivity index (χ0n) is 12.3. The lowest BCUT2D eigenvalue weighted by Gasteiger charge is -2.14. The second-order valence-corrected chi connectivity index (χ2v) is 3.81. The first-order valence-corrected chi connectivity index (χ1v) is 5.97. The SMILES string of the molecule is COC(=O)NCC(=O)Nc1cc(OC)c(OC)c(OC)c1. The van der Waals surface area contributed by atoms with Gasteiger partial charge in [0.05, 0.1) is 28.4 Å². The maximum Gasteiger partial charge on any atom is 0.407 e. The van der Waals surface area contributed by atoms with E-state index in [9.17, 15) is 9.59 Å². The van der Waals surface area contributed by atoms with Gasteiger partial charge in [0.2, 0.25) is 11.7 Å². The monoisotopic (exact) mass is 298 g/mol. The molecule has 0 aliphatic carbocycles. The summed E-state index contributed by atoms with van der Waals surface area (Å²) in [5.41, 5.74) is 0.446. The molecule has 0 aromatic heterocycles. The van der Waals surface area contributed by atoms with Crippen molar-refractivity contribution in [3.8, 4) is 17.2 Å². The van der Waals surface area contributed by atoms with Crippen molar-refractivity contribution in [1.29, 1.82) is 0 Å². The molecule has 0 aliphatic rings. The lowest BCUT2D eigenvalue weighted by atomic mass is 10.2. The molecule has 116 valence electrons. The van der Waals surface area contributed by atoms with Gasteiger partial charge in [-0.25, -0.2) is 4.79 Å². The van der Waals surface area contributed by atoms with Gasteiger partial charge in [0, 0.05) is 17.8 Å². The lowest BCUT2D eigenvalue weighted by molar-refractivity contribution is -0.115. The van der Waals surface area contributed by atoms with E-state index in [0.29, 0.717) is 22.9 Å². The maximum atomic E-state index is 11.7. The molecular weight excluding hydrogens is 280 g/mol. The van der Waals surface area contributed by atoms with Crippen molar-refractivity contribution in [3.05, 3.63) is 12.1 Å². The second-order valence-electron chi connectivity index (χ2n) is 3.81. The first-order valence-electron chi connectivity index (χ1n) is 5.97. The molecule has 0 saturated heterocycles. The number of ether oxygens (including phenoxy) is 4. The highest BCUT2D eigenvalue weighted by Crippen LogP contribution is 2.39. The van der Waals surface area contributed by atoms with E-state index in [4.69, 9.17) is 14.2 Å². The van der Waals surface area contributed by atoms with Crippen LogP contribution in [0, 0.1) is 0 Å². The molecule has 2 N–H and O–H groups in total. The number of carbonyl (C=O) groups excluding carboxylic acids is 2. The number of anilines is 1. The Kier molecular flexibility index (Phi) is 6.12. The van der Waals surface area contributed by atoms with Crippen LogP contribution >= 0.6 is 0 Å². The van der Waals surface area contributed by atoms with E-state index in [2.05, 4.69) is 15.4 Å². The van der Waals surface area contributed by atoms with Crippen LogP contribution in [0.1, 0.15) is 0 Å². The van der Waals surface area contributed by atoms with Crippen LogP contribution in [0.25, 0.3) is 0 Å². The average Bonchev–Trinajstić information content (AvgIpc) is 2.51. The molecule has 2 amide bonds. The molecule has 21 heavy (non-hydrogen) atoms. The van der Waals surface area contributed by atoms with Gasteiger partial charge in [0.1, 0.15) is 6.54 Å². The van der Waals surface area contributed by atoms with Crippen LogP contribution in [-0.4, -0.2) is 47.0 Å². The van der Waals surface area contributed by atoms with Gasteiger partial charge < -0.3 is 29.6 Å². The largest absolute Gasteiger partial charge is 0.493 e. The zero-order chi connectivity index (χ0) is 15.8. The maximum absolute atomic E-state index is 11.7. The van der Waals surface area contributed by atoms with Gasteiger partial charge in [-0.15, -0.1) is 0 Å². The zero-order valence-corrected chi connectivity index (χ0v) is 12.3. The minimum Gasteiger partial charge on any atom is -0.493 e. The molecule has 0 fully saturated rings. The quantitative estimate of drug-likeness (QED) is 0.813. The topological polar surface area (TPSA) is 95.1 Å². The molecule has 0 spiro atoms. The molecule has 0 heterocycles. The van der Waals surface area contributed by atoms with Crippen molar-refractivity contribution in [2.24, 2.45) is 0 Å². The summed E-state index contributed by atoms with van der Waals surface area (Å²) in [7, 11) is 5.65. The summed E-state index contributed by atoms with van der Waals surface area (Å²) >= 11 is 0. The fraction of sp³-hybridized carbons (Fsp3) is 0.385. The highest BCUT2D eigenvalue weighted by Gasteiger charge is 2.14. The summed E-state index contributed by atoms with van der Waals surface area (Å²) < 4.78 is 19.9. The van der Waals surface area contributed by atoms with E-state index in [1.54, 1.807) is 12.1 Å². The molecule has 0 bridgehead atoms. The van der Waals surface area contributed by atoms with Crippen LogP contribution in [0.2, 0.25) is 0 Å². The first kappa shape index (κ1) is 16.4. The van der Waals surface area contributed by atoms with E-state index in [1.807, 2.05) is 0 Å². The Hall–Kier alpha value is -2.64. The molecule has 8 heteroatoms. The molecule has 1 aromatic carbocycles. The number of amides is 2. The summed E-state index contributed by atoms with van der Waals surface area (Å²) in [6, 6.07) is 3.16. The van der Waals surface area contributed by atoms with E-state index in [1.165, 1.54) is 28.4 Å².